The molecular weight excluding hydrogens is 328 g/mol. The maximum Gasteiger partial charge on any atom is 0.305 e. The van der Waals surface area contributed by atoms with Crippen molar-refractivity contribution in [3.63, 3.8) is 0 Å². The van der Waals surface area contributed by atoms with Gasteiger partial charge in [0, 0.05) is 44.3 Å². The number of hydrogen-bond donors (Lipinski definition) is 2. The number of benzene rings is 1. The molecule has 0 aromatic heterocycles. The van der Waals surface area contributed by atoms with Gasteiger partial charge in [-0.05, 0) is 38.3 Å². The first-order valence-electron chi connectivity index (χ1n) is 9.64. The molecule has 0 aliphatic carbocycles. The van der Waals surface area contributed by atoms with Crippen molar-refractivity contribution in [1.82, 2.24) is 10.6 Å². The minimum atomic E-state index is -0.132. The summed E-state index contributed by atoms with van der Waals surface area (Å²) in [4.78, 5) is 18.2. The third-order valence-electron chi connectivity index (χ3n) is 4.53. The van der Waals surface area contributed by atoms with Crippen molar-refractivity contribution in [2.24, 2.45) is 4.99 Å². The average Bonchev–Trinajstić information content (AvgIpc) is 3.13. The third kappa shape index (κ3) is 6.94. The van der Waals surface area contributed by atoms with E-state index in [1.54, 1.807) is 0 Å². The summed E-state index contributed by atoms with van der Waals surface area (Å²) in [5, 5.41) is 6.89. The van der Waals surface area contributed by atoms with Crippen molar-refractivity contribution < 1.29 is 9.53 Å². The molecule has 26 heavy (non-hydrogen) atoms. The van der Waals surface area contributed by atoms with Crippen LogP contribution in [0.5, 0.6) is 0 Å². The standard InChI is InChI=1S/C20H32N4O2/c1-3-21-20(22-14-9-5-8-12-19(25)26-2)23-17-13-15-24(16-17)18-10-6-4-7-11-18/h4,6-7,10-11,17H,3,5,8-9,12-16H2,1-2H3,(H2,21,22,23). The molecule has 0 amide bonds. The molecule has 1 heterocycles. The van der Waals surface area contributed by atoms with Gasteiger partial charge in [-0.2, -0.15) is 0 Å². The van der Waals surface area contributed by atoms with Crippen molar-refractivity contribution in [2.45, 2.75) is 45.1 Å². The van der Waals surface area contributed by atoms with Gasteiger partial charge in [0.25, 0.3) is 0 Å². The molecular formula is C20H32N4O2. The number of carbonyl (C=O) groups is 1. The molecule has 1 atom stereocenters. The highest BCUT2D eigenvalue weighted by Gasteiger charge is 2.23. The zero-order valence-electron chi connectivity index (χ0n) is 16.0. The molecule has 144 valence electrons. The second-order valence-corrected chi connectivity index (χ2v) is 6.56. The minimum Gasteiger partial charge on any atom is -0.469 e. The van der Waals surface area contributed by atoms with E-state index in [9.17, 15) is 4.79 Å². The molecule has 0 radical (unpaired) electrons. The molecule has 1 aromatic rings. The number of carbonyl (C=O) groups excluding carboxylic acids is 1. The lowest BCUT2D eigenvalue weighted by Gasteiger charge is -2.20. The van der Waals surface area contributed by atoms with Gasteiger partial charge in [0.15, 0.2) is 5.96 Å². The molecule has 0 bridgehead atoms. The number of aliphatic imine (C=N–C) groups is 1. The summed E-state index contributed by atoms with van der Waals surface area (Å²) >= 11 is 0. The zero-order valence-corrected chi connectivity index (χ0v) is 16.0. The lowest BCUT2D eigenvalue weighted by Crippen LogP contribution is -2.44. The highest BCUT2D eigenvalue weighted by Crippen LogP contribution is 2.19. The summed E-state index contributed by atoms with van der Waals surface area (Å²) < 4.78 is 4.65. The topological polar surface area (TPSA) is 66.0 Å². The van der Waals surface area contributed by atoms with Gasteiger partial charge < -0.3 is 20.3 Å². The van der Waals surface area contributed by atoms with E-state index in [1.807, 2.05) is 0 Å². The Morgan fingerprint density at radius 1 is 1.27 bits per heavy atom. The van der Waals surface area contributed by atoms with Gasteiger partial charge in [0.1, 0.15) is 0 Å². The number of nitrogens with zero attached hydrogens (tertiary/aromatic N) is 2. The summed E-state index contributed by atoms with van der Waals surface area (Å²) in [5.41, 5.74) is 1.28. The van der Waals surface area contributed by atoms with Crippen molar-refractivity contribution in [3.05, 3.63) is 30.3 Å². The summed E-state index contributed by atoms with van der Waals surface area (Å²) in [5.74, 6) is 0.757. The van der Waals surface area contributed by atoms with Crippen LogP contribution >= 0.6 is 0 Å². The van der Waals surface area contributed by atoms with Crippen LogP contribution in [0.4, 0.5) is 5.69 Å². The second-order valence-electron chi connectivity index (χ2n) is 6.56. The van der Waals surface area contributed by atoms with Crippen LogP contribution in [0.2, 0.25) is 0 Å². The van der Waals surface area contributed by atoms with E-state index in [2.05, 4.69) is 62.5 Å². The molecule has 0 spiro atoms. The zero-order chi connectivity index (χ0) is 18.6. The molecule has 1 aromatic carbocycles. The van der Waals surface area contributed by atoms with Gasteiger partial charge in [-0.1, -0.05) is 24.6 Å². The van der Waals surface area contributed by atoms with E-state index in [-0.39, 0.29) is 5.97 Å². The van der Waals surface area contributed by atoms with Crippen molar-refractivity contribution in [2.75, 3.05) is 38.2 Å². The summed E-state index contributed by atoms with van der Waals surface area (Å²) in [6, 6.07) is 11.0. The largest absolute Gasteiger partial charge is 0.469 e. The summed E-state index contributed by atoms with van der Waals surface area (Å²) in [6.07, 6.45) is 4.44. The van der Waals surface area contributed by atoms with Gasteiger partial charge in [0.2, 0.25) is 0 Å². The van der Waals surface area contributed by atoms with Gasteiger partial charge in [0.05, 0.1) is 7.11 Å². The van der Waals surface area contributed by atoms with E-state index in [1.165, 1.54) is 12.8 Å². The Kier molecular flexibility index (Phi) is 8.79. The Morgan fingerprint density at radius 2 is 2.08 bits per heavy atom. The van der Waals surface area contributed by atoms with Crippen molar-refractivity contribution in [3.8, 4) is 0 Å². The van der Waals surface area contributed by atoms with Crippen LogP contribution < -0.4 is 15.5 Å². The monoisotopic (exact) mass is 360 g/mol. The van der Waals surface area contributed by atoms with Crippen LogP contribution in [0.1, 0.15) is 39.0 Å². The van der Waals surface area contributed by atoms with Crippen LogP contribution in [0.3, 0.4) is 0 Å². The molecule has 2 rings (SSSR count). The van der Waals surface area contributed by atoms with Crippen LogP contribution in [-0.4, -0.2) is 51.3 Å². The van der Waals surface area contributed by atoms with Crippen LogP contribution in [0, 0.1) is 0 Å². The van der Waals surface area contributed by atoms with Gasteiger partial charge >= 0.3 is 5.97 Å². The number of hydrogen-bond acceptors (Lipinski definition) is 4. The van der Waals surface area contributed by atoms with E-state index >= 15 is 0 Å². The van der Waals surface area contributed by atoms with E-state index in [0.717, 1.165) is 57.8 Å². The average molecular weight is 361 g/mol. The molecule has 0 saturated carbocycles. The molecule has 2 N–H and O–H groups in total. The smallest absolute Gasteiger partial charge is 0.305 e. The van der Waals surface area contributed by atoms with Crippen LogP contribution in [-0.2, 0) is 9.53 Å². The van der Waals surface area contributed by atoms with E-state index in [4.69, 9.17) is 0 Å². The molecule has 1 fully saturated rings. The lowest BCUT2D eigenvalue weighted by atomic mass is 10.2. The first-order valence-corrected chi connectivity index (χ1v) is 9.64. The Hall–Kier alpha value is -2.24. The van der Waals surface area contributed by atoms with E-state index in [0.29, 0.717) is 12.5 Å². The quantitative estimate of drug-likeness (QED) is 0.307. The Balaban J connectivity index is 1.72. The number of anilines is 1. The number of ether oxygens (including phenoxy) is 1. The Labute approximate surface area is 157 Å². The highest BCUT2D eigenvalue weighted by molar-refractivity contribution is 5.80. The lowest BCUT2D eigenvalue weighted by molar-refractivity contribution is -0.140. The SMILES string of the molecule is CCNC(=NCCCCCC(=O)OC)NC1CCN(c2ccccc2)C1. The van der Waals surface area contributed by atoms with Crippen molar-refractivity contribution in [1.29, 1.82) is 0 Å². The maximum absolute atomic E-state index is 11.1. The maximum atomic E-state index is 11.1. The normalized spacial score (nSPS) is 17.2. The predicted octanol–water partition coefficient (Wildman–Crippen LogP) is 2.55. The third-order valence-corrected chi connectivity index (χ3v) is 4.53. The van der Waals surface area contributed by atoms with E-state index < -0.39 is 0 Å². The van der Waals surface area contributed by atoms with Crippen LogP contribution in [0.15, 0.2) is 35.3 Å². The number of para-hydroxylation sites is 1. The summed E-state index contributed by atoms with van der Waals surface area (Å²) in [6.45, 7) is 5.76. The minimum absolute atomic E-state index is 0.132. The molecule has 6 heteroatoms. The first-order chi connectivity index (χ1) is 12.7. The molecule has 6 nitrogen and oxygen atoms in total. The number of nitrogens with one attached hydrogen (secondary N) is 2. The molecule has 1 unspecified atom stereocenters. The summed E-state index contributed by atoms with van der Waals surface area (Å²) in [7, 11) is 1.43. The number of rotatable bonds is 9. The fourth-order valence-electron chi connectivity index (χ4n) is 3.12. The van der Waals surface area contributed by atoms with Crippen LogP contribution in [0.25, 0.3) is 0 Å². The van der Waals surface area contributed by atoms with Gasteiger partial charge in [-0.25, -0.2) is 0 Å². The highest BCUT2D eigenvalue weighted by atomic mass is 16.5. The number of methoxy groups -OCH3 is 1. The number of guanidine groups is 1. The Bertz CT molecular complexity index is 562. The second kappa shape index (κ2) is 11.4. The fourth-order valence-corrected chi connectivity index (χ4v) is 3.12. The molecule has 1 aliphatic heterocycles. The van der Waals surface area contributed by atoms with Crippen molar-refractivity contribution >= 4 is 17.6 Å². The fraction of sp³-hybridized carbons (Fsp3) is 0.600. The molecule has 1 saturated heterocycles. The first kappa shape index (κ1) is 20.1. The Morgan fingerprint density at radius 3 is 2.81 bits per heavy atom. The number of esters is 1. The van der Waals surface area contributed by atoms with Gasteiger partial charge in [-0.15, -0.1) is 0 Å². The van der Waals surface area contributed by atoms with Gasteiger partial charge in [-0.3, -0.25) is 9.79 Å². The number of unbranched alkanes of at least 4 members (excludes halogenated alkanes) is 2. The molecule has 1 aliphatic rings. The predicted molar refractivity (Wildman–Crippen MR) is 107 cm³/mol.